The number of ether oxygens (including phenoxy) is 3. The van der Waals surface area contributed by atoms with Gasteiger partial charge < -0.3 is 42.9 Å². The number of carbonyl (C=O) groups excluding carboxylic acids is 5. The Bertz CT molecular complexity index is 2830. The first-order chi connectivity index (χ1) is 33.2. The molecule has 4 fully saturated rings. The molecule has 3 amide bonds. The minimum absolute atomic E-state index is 0.0325. The zero-order chi connectivity index (χ0) is 54.2. The number of quaternary nitrogens is 2. The number of nitrogens with two attached hydrogens (primary N) is 1. The second kappa shape index (κ2) is 20.9. The van der Waals surface area contributed by atoms with Crippen LogP contribution < -0.4 is 5.73 Å². The van der Waals surface area contributed by atoms with E-state index in [1.54, 1.807) is 19.1 Å². The lowest BCUT2D eigenvalue weighted by atomic mass is 9.77. The van der Waals surface area contributed by atoms with Crippen molar-refractivity contribution in [2.24, 2.45) is 17.6 Å². The van der Waals surface area contributed by atoms with Gasteiger partial charge in [0, 0.05) is 11.5 Å². The minimum Gasteiger partial charge on any atom is -0.741 e. The molecule has 0 aromatic heterocycles. The third-order valence-electron chi connectivity index (χ3n) is 12.8. The van der Waals surface area contributed by atoms with Gasteiger partial charge in [-0.05, 0) is 35.8 Å². The molecule has 6 heterocycles. The van der Waals surface area contributed by atoms with Crippen LogP contribution in [0.3, 0.4) is 0 Å². The fourth-order valence-corrected chi connectivity index (χ4v) is 10.8. The number of benzene rings is 2. The zero-order valence-corrected chi connectivity index (χ0v) is 40.5. The quantitative estimate of drug-likeness (QED) is 0.0540. The molecule has 4 saturated heterocycles. The lowest BCUT2D eigenvalue weighted by Gasteiger charge is -2.55. The second-order valence-corrected chi connectivity index (χ2v) is 21.8. The zero-order valence-electron chi connectivity index (χ0n) is 38.1. The van der Waals surface area contributed by atoms with E-state index in [4.69, 9.17) is 45.9 Å². The van der Waals surface area contributed by atoms with Gasteiger partial charge in [-0.2, -0.15) is 26.3 Å². The molecule has 0 unspecified atom stereocenters. The smallest absolute Gasteiger partial charge is 0.508 e. The highest BCUT2D eigenvalue weighted by Crippen LogP contribution is 2.49. The molecule has 0 radical (unpaired) electrons. The molecule has 0 spiro atoms. The first kappa shape index (κ1) is 57.0. The van der Waals surface area contributed by atoms with Crippen LogP contribution in [0.2, 0.25) is 0 Å². The first-order valence-electron chi connectivity index (χ1n) is 21.3. The summed E-state index contributed by atoms with van der Waals surface area (Å²) in [7, 11) is -16.6. The van der Waals surface area contributed by atoms with E-state index >= 15 is 0 Å². The summed E-state index contributed by atoms with van der Waals surface area (Å²) in [6, 6.07) is 12.0. The van der Waals surface area contributed by atoms with Gasteiger partial charge in [0.25, 0.3) is 21.8 Å². The van der Waals surface area contributed by atoms with Crippen LogP contribution in [0.4, 0.5) is 31.1 Å². The van der Waals surface area contributed by atoms with Crippen LogP contribution in [0, 0.1) is 11.8 Å². The number of nitrogens with zero attached hydrogens (tertiary/aromatic N) is 4. The van der Waals surface area contributed by atoms with Crippen LogP contribution in [0.25, 0.3) is 11.1 Å². The third-order valence-corrected chi connectivity index (χ3v) is 15.7. The Morgan fingerprint density at radius 1 is 0.861 bits per heavy atom. The Labute approximate surface area is 408 Å². The molecule has 4 atom stereocenters. The lowest BCUT2D eigenvalue weighted by molar-refractivity contribution is -1.08. The number of β-lactam (4-membered cyclic amide) rings is 1. The van der Waals surface area contributed by atoms with Crippen molar-refractivity contribution in [2.75, 3.05) is 65.6 Å². The second-order valence-electron chi connectivity index (χ2n) is 17.2. The summed E-state index contributed by atoms with van der Waals surface area (Å²) in [4.78, 5) is 66.8. The van der Waals surface area contributed by atoms with Crippen molar-refractivity contribution in [1.82, 2.24) is 9.21 Å². The largest absolute Gasteiger partial charge is 0.741 e. The fourth-order valence-electron chi connectivity index (χ4n) is 9.22. The van der Waals surface area contributed by atoms with E-state index in [0.717, 1.165) is 59.2 Å². The maximum Gasteiger partial charge on any atom is 0.508 e. The number of amides is 3. The van der Waals surface area contributed by atoms with Crippen LogP contribution in [-0.2, 0) is 65.4 Å². The number of fused-ring (bicyclic) bond motifs is 5. The predicted octanol–water partition coefficient (Wildman–Crippen LogP) is 2.43. The third kappa shape index (κ3) is 11.8. The lowest BCUT2D eigenvalue weighted by Crippen LogP contribution is -2.75. The number of halogens is 6. The van der Waals surface area contributed by atoms with Gasteiger partial charge in [-0.3, -0.25) is 14.4 Å². The van der Waals surface area contributed by atoms with Crippen molar-refractivity contribution in [3.63, 3.8) is 0 Å². The number of hydrogen-bond donors (Lipinski definition) is 1. The average molecular weight is 1090 g/mol. The maximum atomic E-state index is 14.4. The van der Waals surface area contributed by atoms with Crippen LogP contribution in [0.1, 0.15) is 29.8 Å². The van der Waals surface area contributed by atoms with E-state index in [0.29, 0.717) is 23.1 Å². The molecule has 21 nitrogen and oxygen atoms in total. The molecule has 72 heavy (non-hydrogen) atoms. The highest BCUT2D eigenvalue weighted by molar-refractivity contribution is 7.90. The van der Waals surface area contributed by atoms with Crippen LogP contribution in [-0.4, -0.2) is 171 Å². The number of hydrogen-bond acceptors (Lipinski definition) is 16. The molecule has 396 valence electrons. The highest BCUT2D eigenvalue weighted by Gasteiger charge is 2.62. The van der Waals surface area contributed by atoms with Gasteiger partial charge >= 0.3 is 23.1 Å². The van der Waals surface area contributed by atoms with E-state index in [-0.39, 0.29) is 40.9 Å². The Balaban J connectivity index is 0.000000519. The first-order valence-corrected chi connectivity index (χ1v) is 25.5. The van der Waals surface area contributed by atoms with E-state index in [9.17, 15) is 58.7 Å². The van der Waals surface area contributed by atoms with Crippen molar-refractivity contribution in [1.29, 1.82) is 0 Å². The average Bonchev–Trinajstić information content (AvgIpc) is 3.62. The van der Waals surface area contributed by atoms with Gasteiger partial charge in [0.15, 0.2) is 26.8 Å². The van der Waals surface area contributed by atoms with Crippen LogP contribution in [0.15, 0.2) is 83.9 Å². The number of alkyl halides is 6. The summed E-state index contributed by atoms with van der Waals surface area (Å²) in [6.45, 7) is 15.3. The van der Waals surface area contributed by atoms with Gasteiger partial charge in [-0.1, -0.05) is 62.6 Å². The standard InChI is InChI=1S/C40H46N5O10S.2CHF3O3S/c1-5-18-53-39(49)36-31(25(3)35-34(38(48)43(35)36)26(4)55-40(50)54-19-6-2)22-42-37(47)30-20-28(23-44-12-15-45(16-13-44,17-14-44)24-33(41)46)29(21-32(30)56(42,51)52)27-10-8-7-9-11-27;2*2-1(3,4)8(5,6)7/h5-11,20-21,25-26,34-35H,1-2,12-19,22-24H2,3-4H3,(H-,41,46);2*(H,5,6,7)/q+1;;/p-1/t25-,26+,34+,35+,44?,45?;;/m0../s1. The van der Waals surface area contributed by atoms with Crippen LogP contribution in [0.5, 0.6) is 0 Å². The van der Waals surface area contributed by atoms with Crippen molar-refractivity contribution in [3.8, 4) is 11.1 Å². The normalized spacial score (nSPS) is 24.6. The monoisotopic (exact) mass is 1090 g/mol. The summed E-state index contributed by atoms with van der Waals surface area (Å²) < 4.78 is 165. The number of carbonyl (C=O) groups is 5. The highest BCUT2D eigenvalue weighted by atomic mass is 32.2. The van der Waals surface area contributed by atoms with Gasteiger partial charge in [0.05, 0.1) is 24.1 Å². The van der Waals surface area contributed by atoms with Gasteiger partial charge in [-0.15, -0.1) is 0 Å². The van der Waals surface area contributed by atoms with E-state index in [1.807, 2.05) is 30.3 Å². The SMILES string of the molecule is C=CCOC(=O)O[C@H](C)[C@H]1C(=O)N2C(C(=O)OCC=C)=C(CN3C(=O)c4cc(C[N+]56CC[N+](CC(N)=O)(CC5)CC6)c(-c5ccccc5)cc4S3(=O)=O)[C@H](C)[C@H]12.O=S(=O)([O-])C(F)(F)F.O=S(=O)([O-])C(F)(F)F. The topological polar surface area (TPSA) is 294 Å². The Kier molecular flexibility index (Phi) is 16.5. The number of rotatable bonds is 14. The molecule has 0 saturated carbocycles. The van der Waals surface area contributed by atoms with Crippen molar-refractivity contribution in [2.45, 2.75) is 48.5 Å². The number of sulfonamides is 1. The molecule has 8 rings (SSSR count). The van der Waals surface area contributed by atoms with Gasteiger partial charge in [0.1, 0.15) is 75.7 Å². The summed E-state index contributed by atoms with van der Waals surface area (Å²) in [6.07, 6.45) is 0.793. The molecule has 2 aromatic rings. The van der Waals surface area contributed by atoms with Crippen molar-refractivity contribution >= 4 is 60.1 Å². The fraction of sp³-hybridized carbons (Fsp3) is 0.452. The summed E-state index contributed by atoms with van der Waals surface area (Å²) >= 11 is 0. The van der Waals surface area contributed by atoms with Crippen LogP contribution >= 0.6 is 0 Å². The Hall–Kier alpha value is -5.92. The molecular formula is C42H47F6N5O16S3. The molecule has 2 aromatic carbocycles. The Morgan fingerprint density at radius 2 is 1.36 bits per heavy atom. The van der Waals surface area contributed by atoms with Gasteiger partial charge in [-0.25, -0.2) is 39.1 Å². The number of primary amides is 1. The molecule has 2 N–H and O–H groups in total. The van der Waals surface area contributed by atoms with E-state index < -0.39 is 95.7 Å². The molecular weight excluding hydrogens is 1040 g/mol. The minimum atomic E-state index is -6.09. The summed E-state index contributed by atoms with van der Waals surface area (Å²) in [5, 5.41) is 0. The van der Waals surface area contributed by atoms with E-state index in [2.05, 4.69) is 13.2 Å². The van der Waals surface area contributed by atoms with Gasteiger partial charge in [0.2, 0.25) is 5.91 Å². The van der Waals surface area contributed by atoms with E-state index in [1.165, 1.54) is 24.0 Å². The molecule has 2 bridgehead atoms. The molecule has 6 aliphatic rings. The number of piperazine rings is 3. The number of esters is 1. The summed E-state index contributed by atoms with van der Waals surface area (Å²) in [5.41, 5.74) is -3.25. The Morgan fingerprint density at radius 3 is 1.85 bits per heavy atom. The molecule has 30 heteroatoms. The van der Waals surface area contributed by atoms with Crippen molar-refractivity contribution < 1.29 is 108 Å². The van der Waals surface area contributed by atoms with Crippen molar-refractivity contribution in [3.05, 3.63) is 90.2 Å². The predicted molar refractivity (Wildman–Crippen MR) is 233 cm³/mol. The molecule has 0 aliphatic carbocycles. The molecule has 6 aliphatic heterocycles. The summed E-state index contributed by atoms with van der Waals surface area (Å²) in [5.74, 6) is -3.95. The maximum absolute atomic E-state index is 14.4.